The van der Waals surface area contributed by atoms with Crippen LogP contribution < -0.4 is 0 Å². The van der Waals surface area contributed by atoms with E-state index in [-0.39, 0.29) is 18.1 Å². The molecule has 2 aromatic rings. The number of ether oxygens (including phenoxy) is 1. The van der Waals surface area contributed by atoms with E-state index in [0.29, 0.717) is 18.9 Å². The van der Waals surface area contributed by atoms with Crippen molar-refractivity contribution in [3.8, 4) is 0 Å². The van der Waals surface area contributed by atoms with Gasteiger partial charge in [-0.1, -0.05) is 17.0 Å². The van der Waals surface area contributed by atoms with E-state index < -0.39 is 0 Å². The number of hydrogen-bond acceptors (Lipinski definition) is 7. The second-order valence-corrected chi connectivity index (χ2v) is 7.84. The predicted molar refractivity (Wildman–Crippen MR) is 86.4 cm³/mol. The molecule has 0 unspecified atom stereocenters. The molecule has 2 atom stereocenters. The van der Waals surface area contributed by atoms with Gasteiger partial charge < -0.3 is 9.64 Å². The number of thiazole rings is 1. The SMILES string of the molecule is Cc1csc(SCC(=O)N2CC[C@@H]3OCc4cnnn4[C@H]3C2)n1. The summed E-state index contributed by atoms with van der Waals surface area (Å²) in [4.78, 5) is 18.8. The van der Waals surface area contributed by atoms with Crippen molar-refractivity contribution in [2.24, 2.45) is 0 Å². The average Bonchev–Trinajstić information content (AvgIpc) is 3.20. The van der Waals surface area contributed by atoms with E-state index in [9.17, 15) is 4.79 Å². The summed E-state index contributed by atoms with van der Waals surface area (Å²) in [5.41, 5.74) is 1.98. The third kappa shape index (κ3) is 3.00. The van der Waals surface area contributed by atoms with Gasteiger partial charge in [0, 0.05) is 24.2 Å². The van der Waals surface area contributed by atoms with E-state index >= 15 is 0 Å². The van der Waals surface area contributed by atoms with Crippen LogP contribution in [0.3, 0.4) is 0 Å². The van der Waals surface area contributed by atoms with E-state index in [0.717, 1.165) is 28.7 Å². The molecule has 1 amide bonds. The maximum Gasteiger partial charge on any atom is 0.233 e. The molecule has 1 fully saturated rings. The summed E-state index contributed by atoms with van der Waals surface area (Å²) in [5.74, 6) is 0.573. The Morgan fingerprint density at radius 2 is 2.48 bits per heavy atom. The zero-order valence-corrected chi connectivity index (χ0v) is 14.3. The molecule has 0 saturated carbocycles. The Morgan fingerprint density at radius 1 is 1.57 bits per heavy atom. The number of aryl methyl sites for hydroxylation is 1. The number of rotatable bonds is 3. The minimum Gasteiger partial charge on any atom is -0.370 e. The van der Waals surface area contributed by atoms with E-state index in [1.165, 1.54) is 11.8 Å². The van der Waals surface area contributed by atoms with Crippen LogP contribution in [-0.4, -0.2) is 55.7 Å². The van der Waals surface area contributed by atoms with Crippen LogP contribution in [0.2, 0.25) is 0 Å². The zero-order chi connectivity index (χ0) is 15.8. The van der Waals surface area contributed by atoms with Gasteiger partial charge in [0.25, 0.3) is 0 Å². The lowest BCUT2D eigenvalue weighted by Gasteiger charge is -2.40. The Hall–Kier alpha value is -1.45. The molecular weight excluding hydrogens is 334 g/mol. The van der Waals surface area contributed by atoms with Crippen molar-refractivity contribution in [3.63, 3.8) is 0 Å². The van der Waals surface area contributed by atoms with Crippen molar-refractivity contribution in [2.75, 3.05) is 18.8 Å². The fraction of sp³-hybridized carbons (Fsp3) is 0.571. The molecule has 0 aromatic carbocycles. The molecule has 9 heteroatoms. The van der Waals surface area contributed by atoms with Crippen LogP contribution in [0.15, 0.2) is 15.9 Å². The summed E-state index contributed by atoms with van der Waals surface area (Å²) >= 11 is 3.10. The average molecular weight is 351 g/mol. The quantitative estimate of drug-likeness (QED) is 0.781. The minimum absolute atomic E-state index is 0.0751. The molecule has 0 spiro atoms. The predicted octanol–water partition coefficient (Wildman–Crippen LogP) is 1.51. The lowest BCUT2D eigenvalue weighted by molar-refractivity contribution is -0.135. The number of nitrogens with zero attached hydrogens (tertiary/aromatic N) is 5. The van der Waals surface area contributed by atoms with Crippen molar-refractivity contribution in [3.05, 3.63) is 23.0 Å². The topological polar surface area (TPSA) is 73.1 Å². The highest BCUT2D eigenvalue weighted by atomic mass is 32.2. The molecule has 2 aromatic heterocycles. The van der Waals surface area contributed by atoms with Gasteiger partial charge in [0.05, 0.1) is 36.4 Å². The first-order valence-corrected chi connectivity index (χ1v) is 9.40. The molecule has 7 nitrogen and oxygen atoms in total. The lowest BCUT2D eigenvalue weighted by atomic mass is 10.0. The molecule has 0 radical (unpaired) electrons. The van der Waals surface area contributed by atoms with Crippen LogP contribution in [0, 0.1) is 6.92 Å². The third-order valence-electron chi connectivity index (χ3n) is 4.20. The van der Waals surface area contributed by atoms with Gasteiger partial charge in [0.1, 0.15) is 0 Å². The monoisotopic (exact) mass is 351 g/mol. The molecule has 122 valence electrons. The van der Waals surface area contributed by atoms with Crippen LogP contribution in [-0.2, 0) is 16.1 Å². The van der Waals surface area contributed by atoms with E-state index in [4.69, 9.17) is 4.74 Å². The van der Waals surface area contributed by atoms with Gasteiger partial charge in [-0.2, -0.15) is 0 Å². The van der Waals surface area contributed by atoms with E-state index in [1.54, 1.807) is 17.5 Å². The minimum atomic E-state index is 0.0751. The van der Waals surface area contributed by atoms with Gasteiger partial charge in [-0.3, -0.25) is 4.79 Å². The van der Waals surface area contributed by atoms with Gasteiger partial charge in [-0.15, -0.1) is 16.4 Å². The Balaban J connectivity index is 1.40. The molecule has 2 aliphatic heterocycles. The first kappa shape index (κ1) is 15.1. The lowest BCUT2D eigenvalue weighted by Crippen LogP contribution is -2.50. The standard InChI is InChI=1S/C14H17N5O2S2/c1-9-7-22-14(16-9)23-8-13(20)18-3-2-12-11(5-18)19-10(6-21-12)4-15-17-19/h4,7,11-12H,2-3,5-6,8H2,1H3/t11-,12-/m0/s1. The van der Waals surface area contributed by atoms with Crippen molar-refractivity contribution < 1.29 is 9.53 Å². The highest BCUT2D eigenvalue weighted by molar-refractivity contribution is 8.01. The maximum absolute atomic E-state index is 12.5. The number of piperidine rings is 1. The Bertz CT molecular complexity index is 716. The van der Waals surface area contributed by atoms with E-state index in [1.807, 2.05) is 21.9 Å². The first-order valence-electron chi connectivity index (χ1n) is 7.54. The number of likely N-dealkylation sites (tertiary alicyclic amines) is 1. The van der Waals surface area contributed by atoms with Crippen molar-refractivity contribution in [1.82, 2.24) is 24.9 Å². The van der Waals surface area contributed by atoms with E-state index in [2.05, 4.69) is 15.3 Å². The van der Waals surface area contributed by atoms with Crippen LogP contribution in [0.25, 0.3) is 0 Å². The van der Waals surface area contributed by atoms with Gasteiger partial charge in [0.2, 0.25) is 5.91 Å². The summed E-state index contributed by atoms with van der Waals surface area (Å²) in [6, 6.07) is 0.0751. The van der Waals surface area contributed by atoms with Crippen LogP contribution in [0.1, 0.15) is 23.9 Å². The number of hydrogen-bond donors (Lipinski definition) is 0. The molecule has 0 N–H and O–H groups in total. The van der Waals surface area contributed by atoms with Crippen molar-refractivity contribution in [2.45, 2.75) is 36.4 Å². The normalized spacial score (nSPS) is 23.4. The number of carbonyl (C=O) groups excluding carboxylic acids is 1. The largest absolute Gasteiger partial charge is 0.370 e. The fourth-order valence-corrected chi connectivity index (χ4v) is 4.77. The second kappa shape index (κ2) is 6.21. The van der Waals surface area contributed by atoms with Crippen LogP contribution >= 0.6 is 23.1 Å². The zero-order valence-electron chi connectivity index (χ0n) is 12.7. The van der Waals surface area contributed by atoms with Gasteiger partial charge in [0.15, 0.2) is 4.34 Å². The molecule has 0 aliphatic carbocycles. The highest BCUT2D eigenvalue weighted by Gasteiger charge is 2.37. The number of carbonyl (C=O) groups is 1. The van der Waals surface area contributed by atoms with Crippen LogP contribution in [0.4, 0.5) is 0 Å². The Morgan fingerprint density at radius 3 is 3.30 bits per heavy atom. The Labute approximate surface area is 142 Å². The van der Waals surface area contributed by atoms with Crippen molar-refractivity contribution in [1.29, 1.82) is 0 Å². The molecule has 4 heterocycles. The van der Waals surface area contributed by atoms with Crippen LogP contribution in [0.5, 0.6) is 0 Å². The molecule has 23 heavy (non-hydrogen) atoms. The van der Waals surface area contributed by atoms with Gasteiger partial charge >= 0.3 is 0 Å². The van der Waals surface area contributed by atoms with Gasteiger partial charge in [-0.05, 0) is 13.3 Å². The molecule has 1 saturated heterocycles. The summed E-state index contributed by atoms with van der Waals surface area (Å²) in [6.07, 6.45) is 2.71. The third-order valence-corrected chi connectivity index (χ3v) is 6.32. The maximum atomic E-state index is 12.5. The summed E-state index contributed by atoms with van der Waals surface area (Å²) < 4.78 is 8.75. The Kier molecular flexibility index (Phi) is 4.08. The first-order chi connectivity index (χ1) is 11.2. The molecule has 4 rings (SSSR count). The molecule has 0 bridgehead atoms. The summed E-state index contributed by atoms with van der Waals surface area (Å²) in [5, 5.41) is 10.1. The fourth-order valence-electron chi connectivity index (χ4n) is 3.02. The highest BCUT2D eigenvalue weighted by Crippen LogP contribution is 2.30. The molecular formula is C14H17N5O2S2. The number of amides is 1. The number of fused-ring (bicyclic) bond motifs is 3. The number of thioether (sulfide) groups is 1. The smallest absolute Gasteiger partial charge is 0.233 e. The van der Waals surface area contributed by atoms with Gasteiger partial charge in [-0.25, -0.2) is 9.67 Å². The number of aromatic nitrogens is 4. The summed E-state index contributed by atoms with van der Waals surface area (Å²) in [6.45, 7) is 3.89. The van der Waals surface area contributed by atoms with Crippen molar-refractivity contribution >= 4 is 29.0 Å². The summed E-state index contributed by atoms with van der Waals surface area (Å²) in [7, 11) is 0. The molecule has 2 aliphatic rings. The second-order valence-electron chi connectivity index (χ2n) is 5.76.